The first-order valence-corrected chi connectivity index (χ1v) is 5.80. The predicted molar refractivity (Wildman–Crippen MR) is 66.9 cm³/mol. The lowest BCUT2D eigenvalue weighted by molar-refractivity contribution is -0.138. The summed E-state index contributed by atoms with van der Waals surface area (Å²) in [5.74, 6) is -3.90. The average Bonchev–Trinajstić information content (AvgIpc) is 2.41. The molecular formula is C15H12F2O2. The molecule has 2 rings (SSSR count). The second-order valence-electron chi connectivity index (χ2n) is 4.22. The fraction of sp³-hybridized carbons (Fsp3) is 0.133. The van der Waals surface area contributed by atoms with Crippen LogP contribution in [0.3, 0.4) is 0 Å². The zero-order valence-electron chi connectivity index (χ0n) is 10.0. The highest BCUT2D eigenvalue weighted by Gasteiger charge is 2.22. The summed E-state index contributed by atoms with van der Waals surface area (Å²) in [4.78, 5) is 11.3. The van der Waals surface area contributed by atoms with Gasteiger partial charge in [-0.1, -0.05) is 42.5 Å². The van der Waals surface area contributed by atoms with Crippen LogP contribution in [0.4, 0.5) is 8.78 Å². The van der Waals surface area contributed by atoms with Gasteiger partial charge in [0.05, 0.1) is 5.92 Å². The molecule has 0 heterocycles. The SMILES string of the molecule is O=C(O)C(Cc1cccc(F)c1F)c1ccccc1. The molecule has 0 saturated heterocycles. The Kier molecular flexibility index (Phi) is 3.90. The molecule has 0 fully saturated rings. The Labute approximate surface area is 109 Å². The number of hydrogen-bond acceptors (Lipinski definition) is 1. The van der Waals surface area contributed by atoms with Crippen molar-refractivity contribution in [1.29, 1.82) is 0 Å². The molecule has 1 unspecified atom stereocenters. The van der Waals surface area contributed by atoms with Crippen LogP contribution in [0.15, 0.2) is 48.5 Å². The highest BCUT2D eigenvalue weighted by atomic mass is 19.2. The molecule has 1 atom stereocenters. The summed E-state index contributed by atoms with van der Waals surface area (Å²) in [7, 11) is 0. The van der Waals surface area contributed by atoms with Crippen LogP contribution in [-0.4, -0.2) is 11.1 Å². The molecule has 0 spiro atoms. The number of hydrogen-bond donors (Lipinski definition) is 1. The minimum absolute atomic E-state index is 0.0660. The van der Waals surface area contributed by atoms with Crippen LogP contribution in [0.1, 0.15) is 17.0 Å². The summed E-state index contributed by atoms with van der Waals surface area (Å²) < 4.78 is 26.7. The van der Waals surface area contributed by atoms with E-state index in [1.807, 2.05) is 0 Å². The van der Waals surface area contributed by atoms with E-state index in [1.165, 1.54) is 12.1 Å². The van der Waals surface area contributed by atoms with E-state index in [2.05, 4.69) is 0 Å². The van der Waals surface area contributed by atoms with Gasteiger partial charge < -0.3 is 5.11 Å². The van der Waals surface area contributed by atoms with E-state index in [-0.39, 0.29) is 12.0 Å². The van der Waals surface area contributed by atoms with E-state index < -0.39 is 23.5 Å². The second kappa shape index (κ2) is 5.61. The molecule has 1 N–H and O–H groups in total. The Balaban J connectivity index is 2.32. The molecule has 0 aliphatic heterocycles. The van der Waals surface area contributed by atoms with Crippen molar-refractivity contribution in [2.75, 3.05) is 0 Å². The third-order valence-electron chi connectivity index (χ3n) is 2.96. The quantitative estimate of drug-likeness (QED) is 0.917. The number of carboxylic acids is 1. The fourth-order valence-corrected chi connectivity index (χ4v) is 1.96. The molecule has 0 aliphatic carbocycles. The molecule has 0 aliphatic rings. The molecule has 19 heavy (non-hydrogen) atoms. The molecule has 4 heteroatoms. The highest BCUT2D eigenvalue weighted by Crippen LogP contribution is 2.23. The molecular weight excluding hydrogens is 250 g/mol. The van der Waals surface area contributed by atoms with Gasteiger partial charge in [-0.05, 0) is 23.6 Å². The Morgan fingerprint density at radius 3 is 2.37 bits per heavy atom. The van der Waals surface area contributed by atoms with E-state index in [0.29, 0.717) is 5.56 Å². The Morgan fingerprint density at radius 1 is 1.05 bits per heavy atom. The van der Waals surface area contributed by atoms with Gasteiger partial charge in [0, 0.05) is 0 Å². The molecule has 0 bridgehead atoms. The number of carbonyl (C=O) groups is 1. The maximum atomic E-state index is 13.6. The van der Waals surface area contributed by atoms with Crippen molar-refractivity contribution in [1.82, 2.24) is 0 Å². The lowest BCUT2D eigenvalue weighted by Crippen LogP contribution is -2.15. The molecule has 2 aromatic carbocycles. The molecule has 2 nitrogen and oxygen atoms in total. The largest absolute Gasteiger partial charge is 0.481 e. The summed E-state index contributed by atoms with van der Waals surface area (Å²) in [5, 5.41) is 9.23. The van der Waals surface area contributed by atoms with Gasteiger partial charge in [0.1, 0.15) is 0 Å². The monoisotopic (exact) mass is 262 g/mol. The van der Waals surface area contributed by atoms with Crippen LogP contribution < -0.4 is 0 Å². The number of rotatable bonds is 4. The van der Waals surface area contributed by atoms with Gasteiger partial charge in [-0.15, -0.1) is 0 Å². The average molecular weight is 262 g/mol. The van der Waals surface area contributed by atoms with Crippen LogP contribution in [0.2, 0.25) is 0 Å². The van der Waals surface area contributed by atoms with Crippen molar-refractivity contribution in [2.45, 2.75) is 12.3 Å². The van der Waals surface area contributed by atoms with Gasteiger partial charge in [0.25, 0.3) is 0 Å². The van der Waals surface area contributed by atoms with Crippen molar-refractivity contribution < 1.29 is 18.7 Å². The van der Waals surface area contributed by atoms with Gasteiger partial charge in [-0.25, -0.2) is 8.78 Å². The highest BCUT2D eigenvalue weighted by molar-refractivity contribution is 5.76. The fourth-order valence-electron chi connectivity index (χ4n) is 1.96. The van der Waals surface area contributed by atoms with Gasteiger partial charge in [0.15, 0.2) is 11.6 Å². The van der Waals surface area contributed by atoms with E-state index in [9.17, 15) is 18.7 Å². The smallest absolute Gasteiger partial charge is 0.311 e. The minimum atomic E-state index is -1.06. The number of carboxylic acid groups (broad SMARTS) is 1. The Morgan fingerprint density at radius 2 is 1.74 bits per heavy atom. The molecule has 98 valence electrons. The van der Waals surface area contributed by atoms with Gasteiger partial charge in [-0.3, -0.25) is 4.79 Å². The number of benzene rings is 2. The molecule has 0 radical (unpaired) electrons. The van der Waals surface area contributed by atoms with Crippen LogP contribution in [0.25, 0.3) is 0 Å². The molecule has 0 saturated carbocycles. The summed E-state index contributed by atoms with van der Waals surface area (Å²) in [6, 6.07) is 12.3. The first-order valence-electron chi connectivity index (χ1n) is 5.80. The van der Waals surface area contributed by atoms with Gasteiger partial charge in [0.2, 0.25) is 0 Å². The van der Waals surface area contributed by atoms with E-state index in [4.69, 9.17) is 0 Å². The first-order chi connectivity index (χ1) is 9.09. The number of halogens is 2. The van der Waals surface area contributed by atoms with Crippen molar-refractivity contribution >= 4 is 5.97 Å². The predicted octanol–water partition coefficient (Wildman–Crippen LogP) is 3.38. The van der Waals surface area contributed by atoms with Crippen molar-refractivity contribution in [3.63, 3.8) is 0 Å². The normalized spacial score (nSPS) is 12.1. The van der Waals surface area contributed by atoms with Crippen LogP contribution in [0, 0.1) is 11.6 Å². The zero-order chi connectivity index (χ0) is 13.8. The number of aliphatic carboxylic acids is 1. The Bertz CT molecular complexity index is 582. The first kappa shape index (κ1) is 13.2. The van der Waals surface area contributed by atoms with Crippen molar-refractivity contribution in [3.05, 3.63) is 71.3 Å². The summed E-state index contributed by atoms with van der Waals surface area (Å²) in [5.41, 5.74) is 0.634. The lowest BCUT2D eigenvalue weighted by Gasteiger charge is -2.13. The second-order valence-corrected chi connectivity index (χ2v) is 4.22. The molecule has 0 aromatic heterocycles. The summed E-state index contributed by atoms with van der Waals surface area (Å²) in [6.07, 6.45) is -0.0804. The van der Waals surface area contributed by atoms with E-state index in [1.54, 1.807) is 30.3 Å². The summed E-state index contributed by atoms with van der Waals surface area (Å²) in [6.45, 7) is 0. The van der Waals surface area contributed by atoms with Crippen LogP contribution in [0.5, 0.6) is 0 Å². The van der Waals surface area contributed by atoms with Gasteiger partial charge >= 0.3 is 5.97 Å². The van der Waals surface area contributed by atoms with E-state index in [0.717, 1.165) is 6.07 Å². The van der Waals surface area contributed by atoms with Crippen molar-refractivity contribution in [2.24, 2.45) is 0 Å². The maximum absolute atomic E-state index is 13.6. The third-order valence-corrected chi connectivity index (χ3v) is 2.96. The summed E-state index contributed by atoms with van der Waals surface area (Å²) >= 11 is 0. The topological polar surface area (TPSA) is 37.3 Å². The van der Waals surface area contributed by atoms with Crippen LogP contribution >= 0.6 is 0 Å². The zero-order valence-corrected chi connectivity index (χ0v) is 10.0. The van der Waals surface area contributed by atoms with Gasteiger partial charge in [-0.2, -0.15) is 0 Å². The van der Waals surface area contributed by atoms with Crippen molar-refractivity contribution in [3.8, 4) is 0 Å². The van der Waals surface area contributed by atoms with Crippen LogP contribution in [-0.2, 0) is 11.2 Å². The molecule has 2 aromatic rings. The minimum Gasteiger partial charge on any atom is -0.481 e. The standard InChI is InChI=1S/C15H12F2O2/c16-13-8-4-7-11(14(13)17)9-12(15(18)19)10-5-2-1-3-6-10/h1-8,12H,9H2,(H,18,19). The maximum Gasteiger partial charge on any atom is 0.311 e. The third kappa shape index (κ3) is 2.96. The molecule has 0 amide bonds. The lowest BCUT2D eigenvalue weighted by atomic mass is 9.92. The Hall–Kier alpha value is -2.23. The van der Waals surface area contributed by atoms with E-state index >= 15 is 0 Å².